The van der Waals surface area contributed by atoms with E-state index in [4.69, 9.17) is 4.42 Å². The minimum atomic E-state index is 0.861. The number of fused-ring (bicyclic) bond motifs is 2. The van der Waals surface area contributed by atoms with Crippen LogP contribution < -0.4 is 4.90 Å². The predicted octanol–water partition coefficient (Wildman–Crippen LogP) is 12.1. The van der Waals surface area contributed by atoms with Crippen molar-refractivity contribution in [1.82, 2.24) is 0 Å². The summed E-state index contributed by atoms with van der Waals surface area (Å²) in [5.41, 5.74) is 10.0. The SMILES string of the molecule is c1ccc(-c2cccc(-c3ccc(N(c4cccc(-c5cc6ccccc6o5)c4)c4cccc5ccccc45)cc3)c2)cc1. The van der Waals surface area contributed by atoms with E-state index in [1.165, 1.54) is 33.0 Å². The van der Waals surface area contributed by atoms with Crippen LogP contribution in [0.15, 0.2) is 180 Å². The predicted molar refractivity (Wildman–Crippen MR) is 185 cm³/mol. The molecule has 0 aliphatic carbocycles. The number of rotatable bonds is 6. The van der Waals surface area contributed by atoms with E-state index in [9.17, 15) is 0 Å². The summed E-state index contributed by atoms with van der Waals surface area (Å²) in [4.78, 5) is 2.35. The van der Waals surface area contributed by atoms with Gasteiger partial charge in [0.25, 0.3) is 0 Å². The quantitative estimate of drug-likeness (QED) is 0.200. The van der Waals surface area contributed by atoms with Gasteiger partial charge in [-0.1, -0.05) is 127 Å². The van der Waals surface area contributed by atoms with E-state index >= 15 is 0 Å². The highest BCUT2D eigenvalue weighted by atomic mass is 16.3. The van der Waals surface area contributed by atoms with Crippen LogP contribution in [-0.2, 0) is 0 Å². The fourth-order valence-corrected chi connectivity index (χ4v) is 6.06. The van der Waals surface area contributed by atoms with E-state index in [0.29, 0.717) is 0 Å². The van der Waals surface area contributed by atoms with Gasteiger partial charge in [-0.15, -0.1) is 0 Å². The normalized spacial score (nSPS) is 11.2. The third-order valence-corrected chi connectivity index (χ3v) is 8.25. The van der Waals surface area contributed by atoms with Crippen LogP contribution in [0, 0.1) is 0 Å². The van der Waals surface area contributed by atoms with Gasteiger partial charge in [0.15, 0.2) is 0 Å². The molecule has 0 saturated carbocycles. The molecule has 208 valence electrons. The van der Waals surface area contributed by atoms with Crippen molar-refractivity contribution < 1.29 is 4.42 Å². The first-order valence-corrected chi connectivity index (χ1v) is 14.9. The molecule has 0 atom stereocenters. The summed E-state index contributed by atoms with van der Waals surface area (Å²) in [5.74, 6) is 0.861. The van der Waals surface area contributed by atoms with Gasteiger partial charge in [0.2, 0.25) is 0 Å². The number of hydrogen-bond donors (Lipinski definition) is 0. The van der Waals surface area contributed by atoms with E-state index in [2.05, 4.69) is 163 Å². The summed E-state index contributed by atoms with van der Waals surface area (Å²) >= 11 is 0. The number of nitrogens with zero attached hydrogens (tertiary/aromatic N) is 1. The van der Waals surface area contributed by atoms with Gasteiger partial charge < -0.3 is 9.32 Å². The van der Waals surface area contributed by atoms with Crippen LogP contribution in [0.3, 0.4) is 0 Å². The van der Waals surface area contributed by atoms with Gasteiger partial charge in [-0.05, 0) is 76.2 Å². The largest absolute Gasteiger partial charge is 0.456 e. The summed E-state index contributed by atoms with van der Waals surface area (Å²) in [6.07, 6.45) is 0. The highest BCUT2D eigenvalue weighted by Crippen LogP contribution is 2.41. The van der Waals surface area contributed by atoms with Gasteiger partial charge in [0.05, 0.1) is 5.69 Å². The molecule has 1 heterocycles. The molecule has 0 aliphatic heterocycles. The van der Waals surface area contributed by atoms with Gasteiger partial charge in [-0.2, -0.15) is 0 Å². The maximum Gasteiger partial charge on any atom is 0.135 e. The van der Waals surface area contributed by atoms with Crippen LogP contribution in [0.25, 0.3) is 55.3 Å². The van der Waals surface area contributed by atoms with Gasteiger partial charge in [0.1, 0.15) is 11.3 Å². The molecule has 0 N–H and O–H groups in total. The minimum absolute atomic E-state index is 0.861. The second-order valence-corrected chi connectivity index (χ2v) is 11.0. The number of para-hydroxylation sites is 1. The zero-order chi connectivity index (χ0) is 29.3. The summed E-state index contributed by atoms with van der Waals surface area (Å²) < 4.78 is 6.26. The van der Waals surface area contributed by atoms with Crippen molar-refractivity contribution in [2.75, 3.05) is 4.90 Å². The average Bonchev–Trinajstić information content (AvgIpc) is 3.54. The first-order valence-electron chi connectivity index (χ1n) is 14.9. The number of anilines is 3. The Labute approximate surface area is 257 Å². The van der Waals surface area contributed by atoms with Crippen LogP contribution in [0.5, 0.6) is 0 Å². The topological polar surface area (TPSA) is 16.4 Å². The summed E-state index contributed by atoms with van der Waals surface area (Å²) in [5, 5.41) is 3.51. The molecule has 44 heavy (non-hydrogen) atoms. The second kappa shape index (κ2) is 11.1. The molecular weight excluding hydrogens is 534 g/mol. The van der Waals surface area contributed by atoms with Crippen molar-refractivity contribution in [2.24, 2.45) is 0 Å². The molecule has 8 rings (SSSR count). The van der Waals surface area contributed by atoms with E-state index in [-0.39, 0.29) is 0 Å². The summed E-state index contributed by atoms with van der Waals surface area (Å²) in [6, 6.07) is 62.2. The third-order valence-electron chi connectivity index (χ3n) is 8.25. The molecule has 0 unspecified atom stereocenters. The van der Waals surface area contributed by atoms with Crippen LogP contribution in [0.1, 0.15) is 0 Å². The molecule has 2 nitrogen and oxygen atoms in total. The van der Waals surface area contributed by atoms with Crippen molar-refractivity contribution in [3.8, 4) is 33.6 Å². The molecule has 0 bridgehead atoms. The second-order valence-electron chi connectivity index (χ2n) is 11.0. The maximum absolute atomic E-state index is 6.26. The standard InChI is InChI=1S/C42H29NO/c1-2-11-30(12-3-1)33-16-8-17-34(27-33)31-23-25-37(26-24-31)43(40-21-10-15-32-13-4-6-20-39(32)40)38-19-9-18-35(28-38)42-29-36-14-5-7-22-41(36)44-42/h1-29H. The lowest BCUT2D eigenvalue weighted by Crippen LogP contribution is -2.10. The lowest BCUT2D eigenvalue weighted by atomic mass is 9.98. The Bertz CT molecular complexity index is 2190. The average molecular weight is 564 g/mol. The molecule has 0 amide bonds. The van der Waals surface area contributed by atoms with Gasteiger partial charge in [0, 0.05) is 27.7 Å². The molecule has 0 spiro atoms. The van der Waals surface area contributed by atoms with Gasteiger partial charge >= 0.3 is 0 Å². The van der Waals surface area contributed by atoms with Crippen molar-refractivity contribution in [3.05, 3.63) is 176 Å². The van der Waals surface area contributed by atoms with E-state index in [0.717, 1.165) is 39.4 Å². The molecular formula is C42H29NO. The van der Waals surface area contributed by atoms with Crippen molar-refractivity contribution in [1.29, 1.82) is 0 Å². The molecule has 8 aromatic rings. The maximum atomic E-state index is 6.26. The van der Waals surface area contributed by atoms with E-state index in [1.807, 2.05) is 18.2 Å². The van der Waals surface area contributed by atoms with Crippen LogP contribution in [0.4, 0.5) is 17.1 Å². The Morgan fingerprint density at radius 2 is 0.977 bits per heavy atom. The number of hydrogen-bond acceptors (Lipinski definition) is 2. The van der Waals surface area contributed by atoms with Crippen molar-refractivity contribution >= 4 is 38.8 Å². The minimum Gasteiger partial charge on any atom is -0.456 e. The lowest BCUT2D eigenvalue weighted by molar-refractivity contribution is 0.631. The highest BCUT2D eigenvalue weighted by Gasteiger charge is 2.17. The van der Waals surface area contributed by atoms with Crippen LogP contribution in [-0.4, -0.2) is 0 Å². The highest BCUT2D eigenvalue weighted by molar-refractivity contribution is 5.99. The molecule has 2 heteroatoms. The Morgan fingerprint density at radius 1 is 0.364 bits per heavy atom. The van der Waals surface area contributed by atoms with Crippen LogP contribution >= 0.6 is 0 Å². The zero-order valence-electron chi connectivity index (χ0n) is 24.1. The van der Waals surface area contributed by atoms with Crippen LogP contribution in [0.2, 0.25) is 0 Å². The third kappa shape index (κ3) is 4.83. The Morgan fingerprint density at radius 3 is 1.80 bits per heavy atom. The summed E-state index contributed by atoms with van der Waals surface area (Å²) in [6.45, 7) is 0. The summed E-state index contributed by atoms with van der Waals surface area (Å²) in [7, 11) is 0. The van der Waals surface area contributed by atoms with Crippen molar-refractivity contribution in [3.63, 3.8) is 0 Å². The smallest absolute Gasteiger partial charge is 0.135 e. The first kappa shape index (κ1) is 25.8. The lowest BCUT2D eigenvalue weighted by Gasteiger charge is -2.27. The number of furan rings is 1. The van der Waals surface area contributed by atoms with E-state index < -0.39 is 0 Å². The monoisotopic (exact) mass is 563 g/mol. The molecule has 7 aromatic carbocycles. The zero-order valence-corrected chi connectivity index (χ0v) is 24.1. The fourth-order valence-electron chi connectivity index (χ4n) is 6.06. The van der Waals surface area contributed by atoms with Gasteiger partial charge in [-0.25, -0.2) is 0 Å². The molecule has 0 saturated heterocycles. The molecule has 0 fully saturated rings. The Balaban J connectivity index is 1.23. The van der Waals surface area contributed by atoms with Gasteiger partial charge in [-0.3, -0.25) is 0 Å². The Hall–Kier alpha value is -5.86. The fraction of sp³-hybridized carbons (Fsp3) is 0. The number of benzene rings is 7. The van der Waals surface area contributed by atoms with E-state index in [1.54, 1.807) is 0 Å². The first-order chi connectivity index (χ1) is 21.8. The molecule has 0 radical (unpaired) electrons. The molecule has 0 aliphatic rings. The van der Waals surface area contributed by atoms with Crippen molar-refractivity contribution in [2.45, 2.75) is 0 Å². The Kier molecular flexibility index (Phi) is 6.51. The molecule has 1 aromatic heterocycles.